The van der Waals surface area contributed by atoms with Crippen molar-refractivity contribution in [2.45, 2.75) is 63.5 Å². The number of ether oxygens (including phenoxy) is 4. The second-order valence-corrected chi connectivity index (χ2v) is 16.0. The Kier molecular flexibility index (Phi) is 24.1. The van der Waals surface area contributed by atoms with Crippen LogP contribution in [0.15, 0.2) is 97.1 Å². The van der Waals surface area contributed by atoms with E-state index in [4.69, 9.17) is 49.7 Å². The van der Waals surface area contributed by atoms with Gasteiger partial charge in [0, 0.05) is 30.5 Å². The van der Waals surface area contributed by atoms with Gasteiger partial charge in [-0.1, -0.05) is 52.3 Å². The van der Waals surface area contributed by atoms with Gasteiger partial charge in [0.15, 0.2) is 17.1 Å². The van der Waals surface area contributed by atoms with Crippen LogP contribution in [-0.4, -0.2) is 99.5 Å². The smallest absolute Gasteiger partial charge is 0.187 e. The molecule has 2 aliphatic heterocycles. The van der Waals surface area contributed by atoms with Crippen LogP contribution >= 0.6 is 15.9 Å². The van der Waals surface area contributed by atoms with Crippen LogP contribution in [0.3, 0.4) is 0 Å². The highest BCUT2D eigenvalue weighted by atomic mass is 79.9. The molecule has 0 unspecified atom stereocenters. The van der Waals surface area contributed by atoms with E-state index < -0.39 is 0 Å². The van der Waals surface area contributed by atoms with Gasteiger partial charge >= 0.3 is 0 Å². The summed E-state index contributed by atoms with van der Waals surface area (Å²) in [6.07, 6.45) is 8.57. The number of nitrogens with one attached hydrogen (secondary N) is 1. The van der Waals surface area contributed by atoms with Crippen molar-refractivity contribution < 1.29 is 18.9 Å². The maximum atomic E-state index is 8.81. The maximum absolute atomic E-state index is 8.81. The summed E-state index contributed by atoms with van der Waals surface area (Å²) in [5.74, 6) is 3.32. The van der Waals surface area contributed by atoms with Crippen molar-refractivity contribution in [3.63, 3.8) is 0 Å². The number of likely N-dealkylation sites (tertiary alicyclic amines) is 2. The topological polar surface area (TPSA) is 118 Å². The van der Waals surface area contributed by atoms with Gasteiger partial charge in [-0.2, -0.15) is 5.26 Å². The quantitative estimate of drug-likeness (QED) is 0.0508. The number of nitrogens with zero attached hydrogens (tertiary/aromatic N) is 6. The van der Waals surface area contributed by atoms with Gasteiger partial charge in [0.1, 0.15) is 23.0 Å². The Hall–Kier alpha value is -5.64. The highest BCUT2D eigenvalue weighted by Gasteiger charge is 2.18. The predicted octanol–water partition coefficient (Wildman–Crippen LogP) is 10.2. The monoisotopic (exact) mass is 916 g/mol. The summed E-state index contributed by atoms with van der Waals surface area (Å²) in [5.41, 5.74) is 8.47. The fourth-order valence-electron chi connectivity index (χ4n) is 6.78. The minimum absolute atomic E-state index is 0.397. The standard InChI is InChI=1S/C25H30N4O2.C15H21N3O.C10H10BrNO/c1-27-22-6-10-25(11-7-22)31-19-3-15-29-16-12-23(13-17-29)28-14-2-18-30-24-8-4-21(20-26)5-9-24;1-17-14-3-5-15(6-4-14)19-12-2-9-18-10-7-13(16)8-11-18;1-12-9-3-5-10(6-4-9)13-8-2-7-11/h4-11,23,28H,2-3,12-19H2;3-6,13H,2,7-12,16H2;3-6H,2,7-8H2. The molecular formula is C50H61BrN8O4. The van der Waals surface area contributed by atoms with Crippen LogP contribution in [0.25, 0.3) is 14.5 Å². The lowest BCUT2D eigenvalue weighted by Crippen LogP contribution is -2.43. The van der Waals surface area contributed by atoms with E-state index in [0.717, 1.165) is 119 Å². The highest BCUT2D eigenvalue weighted by Crippen LogP contribution is 2.21. The normalized spacial score (nSPS) is 14.2. The fourth-order valence-corrected chi connectivity index (χ4v) is 7.01. The van der Waals surface area contributed by atoms with Gasteiger partial charge in [0.2, 0.25) is 0 Å². The number of alkyl halides is 1. The molecule has 4 aromatic carbocycles. The zero-order valence-electron chi connectivity index (χ0n) is 36.3. The number of hydrogen-bond acceptors (Lipinski definition) is 9. The van der Waals surface area contributed by atoms with Crippen molar-refractivity contribution in [2.24, 2.45) is 5.73 Å². The number of benzene rings is 4. The van der Waals surface area contributed by atoms with Gasteiger partial charge in [0.25, 0.3) is 0 Å². The van der Waals surface area contributed by atoms with E-state index in [1.807, 2.05) is 48.5 Å². The highest BCUT2D eigenvalue weighted by molar-refractivity contribution is 9.09. The second kappa shape index (κ2) is 30.4. The number of piperidine rings is 2. The van der Waals surface area contributed by atoms with E-state index >= 15 is 0 Å². The molecule has 0 saturated carbocycles. The van der Waals surface area contributed by atoms with Crippen LogP contribution in [-0.2, 0) is 0 Å². The summed E-state index contributed by atoms with van der Waals surface area (Å²) < 4.78 is 22.6. The SMILES string of the molecule is [C-]#[N+]c1ccc(OCCCBr)cc1.[C-]#[N+]c1ccc(OCCCN2CCC(N)CC2)cc1.[C-]#[N+]c1ccc(OCCCN2CCC(NCCCOc3ccc(C#N)cc3)CC2)cc1. The minimum atomic E-state index is 0.397. The molecule has 3 N–H and O–H groups in total. The predicted molar refractivity (Wildman–Crippen MR) is 255 cm³/mol. The van der Waals surface area contributed by atoms with E-state index in [-0.39, 0.29) is 0 Å². The van der Waals surface area contributed by atoms with Crippen molar-refractivity contribution in [3.8, 4) is 29.1 Å². The third kappa shape index (κ3) is 20.9. The lowest BCUT2D eigenvalue weighted by atomic mass is 10.0. The first-order valence-electron chi connectivity index (χ1n) is 21.8. The Morgan fingerprint density at radius 1 is 0.571 bits per heavy atom. The molecule has 0 amide bonds. The molecule has 12 nitrogen and oxygen atoms in total. The molecule has 2 fully saturated rings. The minimum Gasteiger partial charge on any atom is -0.494 e. The van der Waals surface area contributed by atoms with E-state index in [9.17, 15) is 0 Å². The zero-order chi connectivity index (χ0) is 44.7. The molecule has 0 spiro atoms. The summed E-state index contributed by atoms with van der Waals surface area (Å²) in [6, 6.07) is 32.1. The van der Waals surface area contributed by atoms with Crippen LogP contribution in [0.1, 0.15) is 56.9 Å². The molecule has 13 heteroatoms. The second-order valence-electron chi connectivity index (χ2n) is 15.2. The molecule has 2 saturated heterocycles. The van der Waals surface area contributed by atoms with E-state index in [2.05, 4.69) is 51.7 Å². The first-order chi connectivity index (χ1) is 30.9. The van der Waals surface area contributed by atoms with Crippen molar-refractivity contribution in [1.82, 2.24) is 15.1 Å². The van der Waals surface area contributed by atoms with Gasteiger partial charge < -0.3 is 39.8 Å². The summed E-state index contributed by atoms with van der Waals surface area (Å²) in [5, 5.41) is 13.4. The fraction of sp³-hybridized carbons (Fsp3) is 0.440. The molecule has 0 bridgehead atoms. The Bertz CT molecular complexity index is 2010. The number of rotatable bonds is 20. The summed E-state index contributed by atoms with van der Waals surface area (Å²) in [6.45, 7) is 31.0. The summed E-state index contributed by atoms with van der Waals surface area (Å²) in [4.78, 5) is 15.0. The summed E-state index contributed by atoms with van der Waals surface area (Å²) >= 11 is 3.33. The van der Waals surface area contributed by atoms with Crippen molar-refractivity contribution >= 4 is 33.0 Å². The number of nitriles is 1. The Labute approximate surface area is 383 Å². The average Bonchev–Trinajstić information content (AvgIpc) is 3.34. The van der Waals surface area contributed by atoms with Crippen molar-refractivity contribution in [3.05, 3.63) is 137 Å². The van der Waals surface area contributed by atoms with Gasteiger partial charge in [-0.15, -0.1) is 0 Å². The Morgan fingerprint density at radius 2 is 0.937 bits per heavy atom. The van der Waals surface area contributed by atoms with Crippen LogP contribution in [0.2, 0.25) is 0 Å². The molecule has 0 aromatic heterocycles. The third-order valence-electron chi connectivity index (χ3n) is 10.4. The lowest BCUT2D eigenvalue weighted by molar-refractivity contribution is 0.181. The average molecular weight is 918 g/mol. The molecule has 0 aliphatic carbocycles. The van der Waals surface area contributed by atoms with E-state index in [1.54, 1.807) is 48.5 Å². The van der Waals surface area contributed by atoms with Gasteiger partial charge in [-0.3, -0.25) is 0 Å². The van der Waals surface area contributed by atoms with Crippen molar-refractivity contribution in [2.75, 3.05) is 77.6 Å². The number of hydrogen-bond donors (Lipinski definition) is 2. The largest absolute Gasteiger partial charge is 0.494 e. The number of halogens is 1. The molecule has 2 aliphatic rings. The van der Waals surface area contributed by atoms with E-state index in [1.165, 1.54) is 12.8 Å². The number of nitrogens with two attached hydrogens (primary N) is 1. The van der Waals surface area contributed by atoms with Gasteiger partial charge in [0.05, 0.1) is 57.8 Å². The first kappa shape index (κ1) is 50.0. The molecule has 0 radical (unpaired) electrons. The first-order valence-corrected chi connectivity index (χ1v) is 23.0. The molecular weight excluding hydrogens is 857 g/mol. The molecule has 0 atom stereocenters. The van der Waals surface area contributed by atoms with Gasteiger partial charge in [-0.05, 0) is 145 Å². The van der Waals surface area contributed by atoms with E-state index in [0.29, 0.717) is 54.5 Å². The van der Waals surface area contributed by atoms with Gasteiger partial charge in [-0.25, -0.2) is 14.5 Å². The molecule has 332 valence electrons. The van der Waals surface area contributed by atoms with Crippen LogP contribution in [0.4, 0.5) is 17.1 Å². The zero-order valence-corrected chi connectivity index (χ0v) is 37.9. The Morgan fingerprint density at radius 3 is 1.32 bits per heavy atom. The van der Waals surface area contributed by atoms with Crippen molar-refractivity contribution in [1.29, 1.82) is 5.26 Å². The molecule has 63 heavy (non-hydrogen) atoms. The Balaban J connectivity index is 0.000000230. The molecule has 4 aromatic rings. The third-order valence-corrected chi connectivity index (χ3v) is 11.0. The maximum Gasteiger partial charge on any atom is 0.187 e. The van der Waals surface area contributed by atoms with Crippen LogP contribution in [0.5, 0.6) is 23.0 Å². The summed E-state index contributed by atoms with van der Waals surface area (Å²) in [7, 11) is 0. The molecule has 6 rings (SSSR count). The van der Waals surface area contributed by atoms with Crippen LogP contribution in [0, 0.1) is 31.0 Å². The van der Waals surface area contributed by atoms with Crippen LogP contribution < -0.4 is 30.0 Å². The lowest BCUT2D eigenvalue weighted by Gasteiger charge is -2.32. The molecule has 2 heterocycles.